The van der Waals surface area contributed by atoms with Crippen LogP contribution in [0.25, 0.3) is 11.4 Å². The Bertz CT molecular complexity index is 2540. The van der Waals surface area contributed by atoms with Crippen LogP contribution in [0.5, 0.6) is 0 Å². The summed E-state index contributed by atoms with van der Waals surface area (Å²) in [6.07, 6.45) is 7.61. The molecule has 0 aliphatic heterocycles. The topological polar surface area (TPSA) is 94.5 Å². The van der Waals surface area contributed by atoms with Gasteiger partial charge in [-0.15, -0.1) is 46.2 Å². The number of hydrogen-bond donors (Lipinski definition) is 0. The summed E-state index contributed by atoms with van der Waals surface area (Å²) in [5.41, 5.74) is 6.06. The molecule has 64 heavy (non-hydrogen) atoms. The highest BCUT2D eigenvalue weighted by Crippen LogP contribution is 2.42. The van der Waals surface area contributed by atoms with Crippen LogP contribution in [0, 0.1) is 0 Å². The highest BCUT2D eigenvalue weighted by atomic mass is 127. The summed E-state index contributed by atoms with van der Waals surface area (Å²) in [7, 11) is 0. The van der Waals surface area contributed by atoms with Crippen LogP contribution >= 0.6 is 78.1 Å². The number of carbonyl (C=O) groups is 4. The summed E-state index contributed by atoms with van der Waals surface area (Å²) in [5, 5.41) is 0. The van der Waals surface area contributed by atoms with Gasteiger partial charge in [-0.2, -0.15) is 9.13 Å². The van der Waals surface area contributed by atoms with Gasteiger partial charge < -0.3 is 57.4 Å². The SMILES string of the molecule is CCOC(=O)Cc1c(C(=O)c2ccc(Br)cc2)sc(SCc2cccc(CSc3sc(C(=O)c4ccc(Br)cc4)c(CC(=O)OCC)c3-[n+]3ccccc3)c2)c1-[n+]1ccccc1.[I-].[I-]. The average molecular weight is 1280 g/mol. The maximum Gasteiger partial charge on any atom is 0.310 e. The fourth-order valence-electron chi connectivity index (χ4n) is 6.66. The van der Waals surface area contributed by atoms with E-state index in [1.165, 1.54) is 22.7 Å². The average Bonchev–Trinajstić information content (AvgIpc) is 3.83. The van der Waals surface area contributed by atoms with Crippen molar-refractivity contribution in [3.63, 3.8) is 0 Å². The number of nitrogens with zero attached hydrogens (tertiary/aromatic N) is 2. The molecule has 7 aromatic rings. The Morgan fingerprint density at radius 1 is 0.547 bits per heavy atom. The van der Waals surface area contributed by atoms with Crippen molar-refractivity contribution < 1.29 is 85.7 Å². The molecule has 0 fully saturated rings. The van der Waals surface area contributed by atoms with Gasteiger partial charge in [-0.3, -0.25) is 19.2 Å². The molecule has 0 aliphatic rings. The van der Waals surface area contributed by atoms with E-state index in [2.05, 4.69) is 50.1 Å². The molecule has 7 rings (SSSR count). The first kappa shape index (κ1) is 51.7. The Labute approximate surface area is 439 Å². The zero-order chi connectivity index (χ0) is 43.6. The Balaban J connectivity index is 0.00000385. The molecule has 0 saturated carbocycles. The van der Waals surface area contributed by atoms with Crippen LogP contribution in [0.4, 0.5) is 0 Å². The first-order valence-electron chi connectivity index (χ1n) is 19.6. The van der Waals surface area contributed by atoms with E-state index in [9.17, 15) is 19.2 Å². The number of thiophene rings is 2. The summed E-state index contributed by atoms with van der Waals surface area (Å²) >= 11 is 13.0. The van der Waals surface area contributed by atoms with Gasteiger partial charge in [0, 0.05) is 55.8 Å². The molecule has 8 nitrogen and oxygen atoms in total. The van der Waals surface area contributed by atoms with Gasteiger partial charge in [-0.1, -0.05) is 68.3 Å². The normalized spacial score (nSPS) is 10.7. The maximum absolute atomic E-state index is 14.1. The molecule has 0 atom stereocenters. The fourth-order valence-corrected chi connectivity index (χ4v) is 12.2. The van der Waals surface area contributed by atoms with Crippen LogP contribution in [0.2, 0.25) is 0 Å². The highest BCUT2D eigenvalue weighted by molar-refractivity contribution is 9.10. The van der Waals surface area contributed by atoms with Gasteiger partial charge in [0.2, 0.25) is 22.9 Å². The first-order chi connectivity index (χ1) is 30.1. The number of esters is 2. The molecule has 3 aromatic carbocycles. The number of aromatic nitrogens is 2. The van der Waals surface area contributed by atoms with Crippen molar-refractivity contribution in [2.45, 2.75) is 46.6 Å². The second kappa shape index (κ2) is 25.0. The number of pyridine rings is 2. The van der Waals surface area contributed by atoms with E-state index in [-0.39, 0.29) is 85.6 Å². The van der Waals surface area contributed by atoms with Gasteiger partial charge in [-0.25, -0.2) is 0 Å². The first-order valence-corrected chi connectivity index (χ1v) is 24.8. The third-order valence-corrected chi connectivity index (χ3v) is 15.6. The molecule has 4 heterocycles. The second-order valence-corrected chi connectivity index (χ2v) is 20.1. The summed E-state index contributed by atoms with van der Waals surface area (Å²) in [5.74, 6) is 0.102. The van der Waals surface area contributed by atoms with E-state index in [0.29, 0.717) is 43.5 Å². The standard InChI is InChI=1S/C48H40Br2N2O6S4.2HI/c1-3-57-39(53)27-37-41(51-22-7-5-8-23-51)47(61-45(37)43(55)33-14-18-35(49)19-15-33)59-29-31-12-11-13-32(26-31)30-60-48-42(52-24-9-6-10-25-52)38(28-40(54)58-4-2)46(62-48)44(56)34-16-20-36(50)21-17-34;;/h5-26H,3-4,27-30H2,1-2H3;2*1H/q+2;;/p-2. The lowest BCUT2D eigenvalue weighted by Crippen LogP contribution is -3.00. The van der Waals surface area contributed by atoms with E-state index < -0.39 is 11.9 Å². The van der Waals surface area contributed by atoms with Gasteiger partial charge in [0.15, 0.2) is 24.8 Å². The van der Waals surface area contributed by atoms with Crippen molar-refractivity contribution in [2.24, 2.45) is 0 Å². The molecule has 330 valence electrons. The molecule has 0 spiro atoms. The van der Waals surface area contributed by atoms with Crippen molar-refractivity contribution in [1.29, 1.82) is 0 Å². The molecule has 0 unspecified atom stereocenters. The van der Waals surface area contributed by atoms with Crippen LogP contribution in [0.1, 0.15) is 66.6 Å². The van der Waals surface area contributed by atoms with Crippen LogP contribution in [-0.4, -0.2) is 36.7 Å². The molecule has 4 aromatic heterocycles. The van der Waals surface area contributed by atoms with Gasteiger partial charge in [0.25, 0.3) is 0 Å². The minimum atomic E-state index is -0.396. The Hall–Kier alpha value is -3.24. The number of ketones is 2. The molecule has 16 heteroatoms. The number of benzene rings is 3. The van der Waals surface area contributed by atoms with E-state index in [1.54, 1.807) is 61.6 Å². The minimum Gasteiger partial charge on any atom is -1.00 e. The molecular weight excluding hydrogens is 1240 g/mol. The number of hydrogen-bond acceptors (Lipinski definition) is 10. The predicted molar refractivity (Wildman–Crippen MR) is 253 cm³/mol. The Kier molecular flexibility index (Phi) is 20.3. The highest BCUT2D eigenvalue weighted by Gasteiger charge is 2.33. The predicted octanol–water partition coefficient (Wildman–Crippen LogP) is 5.15. The van der Waals surface area contributed by atoms with Crippen LogP contribution in [-0.2, 0) is 43.4 Å². The number of rotatable bonds is 18. The van der Waals surface area contributed by atoms with Crippen LogP contribution < -0.4 is 57.1 Å². The fraction of sp³-hybridized carbons (Fsp3) is 0.167. The third-order valence-electron chi connectivity index (χ3n) is 9.45. The monoisotopic (exact) mass is 1280 g/mol. The molecule has 0 saturated heterocycles. The summed E-state index contributed by atoms with van der Waals surface area (Å²) in [4.78, 5) is 55.4. The van der Waals surface area contributed by atoms with E-state index in [4.69, 9.17) is 9.47 Å². The lowest BCUT2D eigenvalue weighted by atomic mass is 10.0. The van der Waals surface area contributed by atoms with Gasteiger partial charge in [0.1, 0.15) is 8.42 Å². The summed E-state index contributed by atoms with van der Waals surface area (Å²) in [6, 6.07) is 34.4. The van der Waals surface area contributed by atoms with Crippen molar-refractivity contribution >= 4 is 102 Å². The number of thioether (sulfide) groups is 2. The number of halogens is 4. The zero-order valence-corrected chi connectivity index (χ0v) is 45.2. The van der Waals surface area contributed by atoms with Crippen LogP contribution in [0.3, 0.4) is 0 Å². The molecule has 0 N–H and O–H groups in total. The zero-order valence-electron chi connectivity index (χ0n) is 34.4. The molecule has 0 bridgehead atoms. The van der Waals surface area contributed by atoms with Crippen molar-refractivity contribution in [1.82, 2.24) is 0 Å². The number of ether oxygens (including phenoxy) is 2. The Morgan fingerprint density at radius 3 is 1.28 bits per heavy atom. The molecule has 0 aliphatic carbocycles. The van der Waals surface area contributed by atoms with Crippen LogP contribution in [0.15, 0.2) is 151 Å². The lowest BCUT2D eigenvalue weighted by molar-refractivity contribution is -0.598. The molecular formula is C48H40Br2I2N2O6S4. The van der Waals surface area contributed by atoms with Gasteiger partial charge in [0.05, 0.1) is 46.9 Å². The largest absolute Gasteiger partial charge is 1.00 e. The quantitative estimate of drug-likeness (QED) is 0.0384. The van der Waals surface area contributed by atoms with E-state index >= 15 is 0 Å². The maximum atomic E-state index is 14.1. The summed E-state index contributed by atoms with van der Waals surface area (Å²) < 4.78 is 18.3. The molecule has 0 amide bonds. The lowest BCUT2D eigenvalue weighted by Gasteiger charge is -2.07. The summed E-state index contributed by atoms with van der Waals surface area (Å²) in [6.45, 7) is 4.02. The minimum absolute atomic E-state index is 0. The van der Waals surface area contributed by atoms with Crippen molar-refractivity contribution in [3.05, 3.63) is 186 Å². The Morgan fingerprint density at radius 2 is 0.922 bits per heavy atom. The number of carbonyl (C=O) groups excluding carboxylic acids is 4. The van der Waals surface area contributed by atoms with Crippen molar-refractivity contribution in [3.8, 4) is 11.4 Å². The van der Waals surface area contributed by atoms with Gasteiger partial charge >= 0.3 is 11.9 Å². The third kappa shape index (κ3) is 13.0. The second-order valence-electron chi connectivity index (χ2n) is 13.7. The molecule has 0 radical (unpaired) electrons. The van der Waals surface area contributed by atoms with E-state index in [1.807, 2.05) is 101 Å². The van der Waals surface area contributed by atoms with Crippen molar-refractivity contribution in [2.75, 3.05) is 13.2 Å². The van der Waals surface area contributed by atoms with E-state index in [0.717, 1.165) is 39.9 Å². The van der Waals surface area contributed by atoms with Gasteiger partial charge in [-0.05, 0) is 73.5 Å². The smallest absolute Gasteiger partial charge is 0.310 e.